The predicted molar refractivity (Wildman–Crippen MR) is 126 cm³/mol. The summed E-state index contributed by atoms with van der Waals surface area (Å²) in [6, 6.07) is 10.4. The summed E-state index contributed by atoms with van der Waals surface area (Å²) in [6.45, 7) is 5.96. The molecule has 0 radical (unpaired) electrons. The van der Waals surface area contributed by atoms with Crippen LogP contribution in [0.5, 0.6) is 0 Å². The first-order chi connectivity index (χ1) is 15.5. The van der Waals surface area contributed by atoms with Crippen molar-refractivity contribution < 1.29 is 9.00 Å². The van der Waals surface area contributed by atoms with E-state index < -0.39 is 11.0 Å². The number of piperazine rings is 1. The lowest BCUT2D eigenvalue weighted by atomic mass is 9.81. The van der Waals surface area contributed by atoms with Crippen LogP contribution in [0.3, 0.4) is 0 Å². The fourth-order valence-corrected chi connectivity index (χ4v) is 6.17. The van der Waals surface area contributed by atoms with Crippen LogP contribution in [0.4, 0.5) is 5.69 Å². The molecule has 2 saturated heterocycles. The van der Waals surface area contributed by atoms with E-state index in [1.807, 2.05) is 40.4 Å². The molecule has 168 valence electrons. The maximum Gasteiger partial charge on any atom is 0.257 e. The number of fused-ring (bicyclic) bond motifs is 1. The Morgan fingerprint density at radius 1 is 1.12 bits per heavy atom. The zero-order chi connectivity index (χ0) is 22.3. The highest BCUT2D eigenvalue weighted by molar-refractivity contribution is 7.83. The fraction of sp³-hybridized carbons (Fsp3) is 0.542. The molecule has 0 N–H and O–H groups in total. The zero-order valence-corrected chi connectivity index (χ0v) is 19.3. The quantitative estimate of drug-likeness (QED) is 0.714. The van der Waals surface area contributed by atoms with E-state index >= 15 is 0 Å². The van der Waals surface area contributed by atoms with Crippen LogP contribution in [-0.4, -0.2) is 68.8 Å². The molecule has 1 saturated carbocycles. The summed E-state index contributed by atoms with van der Waals surface area (Å²) >= 11 is 0. The predicted octanol–water partition coefficient (Wildman–Crippen LogP) is 2.95. The highest BCUT2D eigenvalue weighted by Crippen LogP contribution is 2.37. The minimum atomic E-state index is -0.907. The van der Waals surface area contributed by atoms with Gasteiger partial charge in [-0.1, -0.05) is 18.2 Å². The number of amides is 1. The van der Waals surface area contributed by atoms with Crippen molar-refractivity contribution in [2.75, 3.05) is 44.2 Å². The third kappa shape index (κ3) is 4.00. The number of rotatable bonds is 4. The number of carbonyl (C=O) groups excluding carboxylic acids is 1. The van der Waals surface area contributed by atoms with Crippen LogP contribution in [0.15, 0.2) is 30.5 Å². The maximum absolute atomic E-state index is 13.6. The molecular formula is C24H29N5O2S. The van der Waals surface area contributed by atoms with Crippen molar-refractivity contribution >= 4 is 33.5 Å². The van der Waals surface area contributed by atoms with Crippen LogP contribution in [0.25, 0.3) is 10.9 Å². The third-order valence-corrected chi connectivity index (χ3v) is 8.94. The molecule has 1 aromatic carbocycles. The first kappa shape index (κ1) is 21.4. The second kappa shape index (κ2) is 8.45. The van der Waals surface area contributed by atoms with Crippen molar-refractivity contribution in [3.8, 4) is 6.07 Å². The van der Waals surface area contributed by atoms with E-state index in [-0.39, 0.29) is 11.3 Å². The highest BCUT2D eigenvalue weighted by Gasteiger charge is 2.36. The van der Waals surface area contributed by atoms with E-state index in [1.54, 1.807) is 6.20 Å². The van der Waals surface area contributed by atoms with Crippen LogP contribution < -0.4 is 4.90 Å². The van der Waals surface area contributed by atoms with Gasteiger partial charge in [0.2, 0.25) is 0 Å². The Kier molecular flexibility index (Phi) is 5.64. The molecule has 3 heterocycles. The summed E-state index contributed by atoms with van der Waals surface area (Å²) < 4.78 is 14.5. The Labute approximate surface area is 191 Å². The summed E-state index contributed by atoms with van der Waals surface area (Å²) in [4.78, 5) is 22.3. The standard InChI is InChI=1S/C24H29N5O2S/c1-24(17-25)8-10-27(11-9-24)22-19-4-2-3-5-21(19)26-16-20(22)23(30)28-12-14-29(15-13-28)32(31)18-6-7-18/h2-5,16,18H,6-15H2,1H3. The maximum atomic E-state index is 13.6. The van der Waals surface area contributed by atoms with Gasteiger partial charge in [0.25, 0.3) is 5.91 Å². The number of nitrogens with zero attached hydrogens (tertiary/aromatic N) is 5. The smallest absolute Gasteiger partial charge is 0.257 e. The zero-order valence-electron chi connectivity index (χ0n) is 18.5. The minimum absolute atomic E-state index is 0.0104. The molecule has 2 aliphatic heterocycles. The summed E-state index contributed by atoms with van der Waals surface area (Å²) in [7, 11) is -0.907. The van der Waals surface area contributed by atoms with Gasteiger partial charge in [-0.3, -0.25) is 9.78 Å². The number of piperidine rings is 1. The third-order valence-electron chi connectivity index (χ3n) is 7.02. The lowest BCUT2D eigenvalue weighted by molar-refractivity contribution is 0.0701. The highest BCUT2D eigenvalue weighted by atomic mass is 32.2. The average Bonchev–Trinajstić information content (AvgIpc) is 3.69. The van der Waals surface area contributed by atoms with Gasteiger partial charge in [0.1, 0.15) is 0 Å². The van der Waals surface area contributed by atoms with E-state index in [4.69, 9.17) is 0 Å². The molecule has 1 aliphatic carbocycles. The lowest BCUT2D eigenvalue weighted by Gasteiger charge is -2.38. The Morgan fingerprint density at radius 2 is 1.81 bits per heavy atom. The number of benzene rings is 1. The molecule has 5 rings (SSSR count). The Hall–Kier alpha value is -2.50. The molecule has 32 heavy (non-hydrogen) atoms. The molecule has 3 fully saturated rings. The number of anilines is 1. The molecule has 1 unspecified atom stereocenters. The van der Waals surface area contributed by atoms with Gasteiger partial charge in [0.05, 0.1) is 39.2 Å². The van der Waals surface area contributed by atoms with Crippen molar-refractivity contribution in [1.82, 2.24) is 14.2 Å². The first-order valence-electron chi connectivity index (χ1n) is 11.5. The van der Waals surface area contributed by atoms with Crippen molar-refractivity contribution in [2.45, 2.75) is 37.9 Å². The number of nitriles is 1. The molecule has 1 aromatic heterocycles. The molecule has 1 amide bonds. The topological polar surface area (TPSA) is 80.5 Å². The van der Waals surface area contributed by atoms with Crippen molar-refractivity contribution in [3.05, 3.63) is 36.0 Å². The molecule has 0 bridgehead atoms. The van der Waals surface area contributed by atoms with Crippen LogP contribution >= 0.6 is 0 Å². The van der Waals surface area contributed by atoms with E-state index in [9.17, 15) is 14.3 Å². The van der Waals surface area contributed by atoms with Crippen molar-refractivity contribution in [2.24, 2.45) is 5.41 Å². The monoisotopic (exact) mass is 451 g/mol. The number of carbonyl (C=O) groups is 1. The molecular weight excluding hydrogens is 422 g/mol. The number of hydrogen-bond acceptors (Lipinski definition) is 5. The summed E-state index contributed by atoms with van der Waals surface area (Å²) in [5.74, 6) is -0.0104. The largest absolute Gasteiger partial charge is 0.370 e. The van der Waals surface area contributed by atoms with E-state index in [0.29, 0.717) is 37.0 Å². The van der Waals surface area contributed by atoms with E-state index in [1.165, 1.54) is 0 Å². The molecule has 2 aromatic rings. The van der Waals surface area contributed by atoms with Gasteiger partial charge in [-0.25, -0.2) is 8.51 Å². The van der Waals surface area contributed by atoms with Gasteiger partial charge >= 0.3 is 0 Å². The number of para-hydroxylation sites is 1. The first-order valence-corrected chi connectivity index (χ1v) is 12.6. The van der Waals surface area contributed by atoms with Gasteiger partial charge in [0.15, 0.2) is 0 Å². The summed E-state index contributed by atoms with van der Waals surface area (Å²) in [6.07, 6.45) is 5.38. The summed E-state index contributed by atoms with van der Waals surface area (Å²) in [5, 5.41) is 10.8. The molecule has 7 nitrogen and oxygen atoms in total. The molecule has 1 atom stereocenters. The van der Waals surface area contributed by atoms with Gasteiger partial charge in [-0.2, -0.15) is 5.26 Å². The van der Waals surface area contributed by atoms with Crippen LogP contribution in [-0.2, 0) is 11.0 Å². The Bertz CT molecular complexity index is 1090. The van der Waals surface area contributed by atoms with E-state index in [0.717, 1.165) is 55.4 Å². The average molecular weight is 452 g/mol. The van der Waals surface area contributed by atoms with Gasteiger partial charge < -0.3 is 9.80 Å². The second-order valence-corrected chi connectivity index (χ2v) is 11.1. The van der Waals surface area contributed by atoms with Crippen LogP contribution in [0.1, 0.15) is 43.0 Å². The molecule has 8 heteroatoms. The van der Waals surface area contributed by atoms with Crippen LogP contribution in [0.2, 0.25) is 0 Å². The molecule has 0 spiro atoms. The lowest BCUT2D eigenvalue weighted by Crippen LogP contribution is -2.50. The van der Waals surface area contributed by atoms with Crippen LogP contribution in [0, 0.1) is 16.7 Å². The SMILES string of the molecule is CC1(C#N)CCN(c2c(C(=O)N3CCN(S(=O)C4CC4)CC3)cnc3ccccc23)CC1. The minimum Gasteiger partial charge on any atom is -0.370 e. The van der Waals surface area contributed by atoms with E-state index in [2.05, 4.69) is 16.0 Å². The Balaban J connectivity index is 1.41. The van der Waals surface area contributed by atoms with Crippen molar-refractivity contribution in [3.63, 3.8) is 0 Å². The normalized spacial score (nSPS) is 22.5. The number of hydrogen-bond donors (Lipinski definition) is 0. The van der Waals surface area contributed by atoms with Gasteiger partial charge in [-0.15, -0.1) is 0 Å². The number of pyridine rings is 1. The molecule has 3 aliphatic rings. The Morgan fingerprint density at radius 3 is 2.47 bits per heavy atom. The van der Waals surface area contributed by atoms with Gasteiger partial charge in [0, 0.05) is 56.1 Å². The fourth-order valence-electron chi connectivity index (χ4n) is 4.68. The van der Waals surface area contributed by atoms with Gasteiger partial charge in [-0.05, 0) is 38.7 Å². The van der Waals surface area contributed by atoms with Crippen molar-refractivity contribution in [1.29, 1.82) is 5.26 Å². The second-order valence-electron chi connectivity index (χ2n) is 9.39. The number of aromatic nitrogens is 1. The summed E-state index contributed by atoms with van der Waals surface area (Å²) in [5.41, 5.74) is 2.12.